The van der Waals surface area contributed by atoms with Gasteiger partial charge in [-0.25, -0.2) is 0 Å². The van der Waals surface area contributed by atoms with Crippen LogP contribution in [0.3, 0.4) is 0 Å². The van der Waals surface area contributed by atoms with Gasteiger partial charge in [-0.15, -0.1) is 0 Å². The minimum atomic E-state index is -0.507. The number of hydrogen-bond donors (Lipinski definition) is 2. The second-order valence-electron chi connectivity index (χ2n) is 9.69. The quantitative estimate of drug-likeness (QED) is 0.744. The second kappa shape index (κ2) is 7.09. The number of aryl methyl sites for hydroxylation is 1. The Morgan fingerprint density at radius 3 is 2.40 bits per heavy atom. The summed E-state index contributed by atoms with van der Waals surface area (Å²) >= 11 is 0. The lowest BCUT2D eigenvalue weighted by molar-refractivity contribution is -0.137. The highest BCUT2D eigenvalue weighted by Crippen LogP contribution is 2.55. The molecule has 4 bridgehead atoms. The van der Waals surface area contributed by atoms with Crippen LogP contribution < -0.4 is 5.32 Å². The number of nitrogens with one attached hydrogen (secondary N) is 1. The van der Waals surface area contributed by atoms with Crippen LogP contribution in [0.25, 0.3) is 0 Å². The summed E-state index contributed by atoms with van der Waals surface area (Å²) in [6.45, 7) is 4.43. The van der Waals surface area contributed by atoms with Crippen molar-refractivity contribution in [1.29, 1.82) is 0 Å². The Balaban J connectivity index is 1.41. The second-order valence-corrected chi connectivity index (χ2v) is 9.69. The maximum Gasteiger partial charge on any atom is 0.268 e. The minimum absolute atomic E-state index is 0.0588. The number of carbonyl (C=O) groups is 2. The molecule has 4 aliphatic carbocycles. The Labute approximate surface area is 177 Å². The van der Waals surface area contributed by atoms with Crippen LogP contribution in [-0.4, -0.2) is 33.0 Å². The summed E-state index contributed by atoms with van der Waals surface area (Å²) in [5, 5.41) is 14.1. The molecule has 5 heteroatoms. The van der Waals surface area contributed by atoms with Crippen molar-refractivity contribution in [2.75, 3.05) is 0 Å². The fourth-order valence-electron chi connectivity index (χ4n) is 6.68. The smallest absolute Gasteiger partial charge is 0.268 e. The summed E-state index contributed by atoms with van der Waals surface area (Å²) < 4.78 is 1.85. The highest BCUT2D eigenvalue weighted by molar-refractivity contribution is 6.09. The van der Waals surface area contributed by atoms with Gasteiger partial charge in [0, 0.05) is 18.2 Å². The first-order valence-corrected chi connectivity index (χ1v) is 11.2. The number of ketones is 1. The number of aliphatic hydroxyl groups is 1. The largest absolute Gasteiger partial charge is 0.390 e. The van der Waals surface area contributed by atoms with Gasteiger partial charge in [0.25, 0.3) is 5.91 Å². The molecule has 30 heavy (non-hydrogen) atoms. The highest BCUT2D eigenvalue weighted by Gasteiger charge is 2.55. The third kappa shape index (κ3) is 3.11. The highest BCUT2D eigenvalue weighted by atomic mass is 16.3. The number of rotatable bonds is 5. The molecule has 4 aliphatic rings. The molecule has 2 aromatic rings. The SMILES string of the molecule is CCn1c(C(=O)c2ccccc2)cc(C)c1C(=O)N[C@H]1C2CC3CC1C[C@](O)(C3)C2. The number of hydrogen-bond acceptors (Lipinski definition) is 3. The van der Waals surface area contributed by atoms with Crippen molar-refractivity contribution in [2.24, 2.45) is 17.8 Å². The molecular formula is C25H30N2O3. The number of aromatic nitrogens is 1. The van der Waals surface area contributed by atoms with Crippen molar-refractivity contribution in [3.05, 3.63) is 58.9 Å². The van der Waals surface area contributed by atoms with Gasteiger partial charge in [-0.05, 0) is 75.3 Å². The van der Waals surface area contributed by atoms with E-state index in [0.29, 0.717) is 41.2 Å². The predicted octanol–water partition coefficient (Wildman–Crippen LogP) is 3.72. The van der Waals surface area contributed by atoms with Crippen LogP contribution in [0.2, 0.25) is 0 Å². The summed E-state index contributed by atoms with van der Waals surface area (Å²) in [7, 11) is 0. The van der Waals surface area contributed by atoms with Gasteiger partial charge >= 0.3 is 0 Å². The first-order valence-electron chi connectivity index (χ1n) is 11.2. The van der Waals surface area contributed by atoms with Crippen molar-refractivity contribution in [1.82, 2.24) is 9.88 Å². The van der Waals surface area contributed by atoms with Crippen molar-refractivity contribution >= 4 is 11.7 Å². The standard InChI is InChI=1S/C25H30N2O3/c1-3-27-20(23(28)17-7-5-4-6-8-17)9-15(2)22(27)24(29)26-21-18-10-16-11-19(21)14-25(30,12-16)13-18/h4-9,16,18-19,21,30H,3,10-14H2,1-2H3,(H,26,29)/t16?,18?,19?,21-,25-. The normalized spacial score (nSPS) is 31.7. The molecule has 1 aromatic heterocycles. The maximum atomic E-state index is 13.4. The summed E-state index contributed by atoms with van der Waals surface area (Å²) in [6.07, 6.45) is 4.75. The molecule has 4 fully saturated rings. The predicted molar refractivity (Wildman–Crippen MR) is 114 cm³/mol. The molecular weight excluding hydrogens is 376 g/mol. The molecule has 2 unspecified atom stereocenters. The monoisotopic (exact) mass is 406 g/mol. The summed E-state index contributed by atoms with van der Waals surface area (Å²) in [6, 6.07) is 11.2. The zero-order valence-electron chi connectivity index (χ0n) is 17.7. The molecule has 158 valence electrons. The lowest BCUT2D eigenvalue weighted by Crippen LogP contribution is -2.61. The first kappa shape index (κ1) is 19.6. The van der Waals surface area contributed by atoms with Gasteiger partial charge in [0.2, 0.25) is 5.78 Å². The number of carbonyl (C=O) groups excluding carboxylic acids is 2. The van der Waals surface area contributed by atoms with E-state index >= 15 is 0 Å². The molecule has 2 N–H and O–H groups in total. The lowest BCUT2D eigenvalue weighted by atomic mass is 9.52. The van der Waals surface area contributed by atoms with Gasteiger partial charge in [0.15, 0.2) is 0 Å². The van der Waals surface area contributed by atoms with Crippen molar-refractivity contribution in [3.63, 3.8) is 0 Å². The molecule has 4 saturated carbocycles. The fraction of sp³-hybridized carbons (Fsp3) is 0.520. The van der Waals surface area contributed by atoms with E-state index in [0.717, 1.165) is 37.7 Å². The van der Waals surface area contributed by atoms with Gasteiger partial charge in [0.1, 0.15) is 5.69 Å². The van der Waals surface area contributed by atoms with E-state index in [9.17, 15) is 14.7 Å². The van der Waals surface area contributed by atoms with Crippen LogP contribution in [0.15, 0.2) is 36.4 Å². The fourth-order valence-corrected chi connectivity index (χ4v) is 6.68. The topological polar surface area (TPSA) is 71.3 Å². The molecule has 1 aromatic carbocycles. The van der Waals surface area contributed by atoms with Crippen molar-refractivity contribution < 1.29 is 14.7 Å². The first-order chi connectivity index (χ1) is 14.4. The molecule has 1 amide bonds. The summed E-state index contributed by atoms with van der Waals surface area (Å²) in [4.78, 5) is 26.4. The lowest BCUT2D eigenvalue weighted by Gasteiger charge is -2.58. The maximum absolute atomic E-state index is 13.4. The third-order valence-electron chi connectivity index (χ3n) is 7.63. The number of benzene rings is 1. The van der Waals surface area contributed by atoms with Crippen LogP contribution in [0, 0.1) is 24.7 Å². The van der Waals surface area contributed by atoms with Crippen LogP contribution in [0.4, 0.5) is 0 Å². The van der Waals surface area contributed by atoms with E-state index in [1.807, 2.05) is 54.8 Å². The van der Waals surface area contributed by atoms with E-state index < -0.39 is 5.60 Å². The minimum Gasteiger partial charge on any atom is -0.390 e. The molecule has 0 aliphatic heterocycles. The van der Waals surface area contributed by atoms with E-state index in [-0.39, 0.29) is 17.7 Å². The Morgan fingerprint density at radius 1 is 1.13 bits per heavy atom. The van der Waals surface area contributed by atoms with Crippen LogP contribution in [0.1, 0.15) is 71.1 Å². The van der Waals surface area contributed by atoms with Gasteiger partial charge in [-0.1, -0.05) is 30.3 Å². The van der Waals surface area contributed by atoms with Gasteiger partial charge in [-0.3, -0.25) is 9.59 Å². The van der Waals surface area contributed by atoms with Crippen LogP contribution in [-0.2, 0) is 6.54 Å². The number of amides is 1. The Hall–Kier alpha value is -2.40. The van der Waals surface area contributed by atoms with Gasteiger partial charge in [0.05, 0.1) is 11.3 Å². The van der Waals surface area contributed by atoms with E-state index in [2.05, 4.69) is 5.32 Å². The van der Waals surface area contributed by atoms with E-state index in [1.165, 1.54) is 0 Å². The number of nitrogens with zero attached hydrogens (tertiary/aromatic N) is 1. The van der Waals surface area contributed by atoms with Crippen LogP contribution >= 0.6 is 0 Å². The summed E-state index contributed by atoms with van der Waals surface area (Å²) in [5.74, 6) is 1.18. The molecule has 0 radical (unpaired) electrons. The molecule has 2 atom stereocenters. The Kier molecular flexibility index (Phi) is 4.62. The van der Waals surface area contributed by atoms with E-state index in [1.54, 1.807) is 0 Å². The Morgan fingerprint density at radius 2 is 1.80 bits per heavy atom. The zero-order chi connectivity index (χ0) is 21.0. The van der Waals surface area contributed by atoms with Crippen molar-refractivity contribution in [2.45, 2.75) is 64.1 Å². The molecule has 6 rings (SSSR count). The van der Waals surface area contributed by atoms with Gasteiger partial charge < -0.3 is 15.0 Å². The average molecular weight is 407 g/mol. The van der Waals surface area contributed by atoms with Crippen LogP contribution in [0.5, 0.6) is 0 Å². The average Bonchev–Trinajstić information content (AvgIpc) is 3.05. The molecule has 0 spiro atoms. The zero-order valence-corrected chi connectivity index (χ0v) is 17.7. The van der Waals surface area contributed by atoms with Crippen molar-refractivity contribution in [3.8, 4) is 0 Å². The Bertz CT molecular complexity index is 977. The molecule has 0 saturated heterocycles. The van der Waals surface area contributed by atoms with Gasteiger partial charge in [-0.2, -0.15) is 0 Å². The molecule has 1 heterocycles. The molecule has 5 nitrogen and oxygen atoms in total. The third-order valence-corrected chi connectivity index (χ3v) is 7.63. The summed E-state index contributed by atoms with van der Waals surface area (Å²) in [5.41, 5.74) is 2.10. The van der Waals surface area contributed by atoms with E-state index in [4.69, 9.17) is 0 Å².